The third-order valence-corrected chi connectivity index (χ3v) is 4.33. The van der Waals surface area contributed by atoms with Crippen LogP contribution >= 0.6 is 0 Å². The lowest BCUT2D eigenvalue weighted by Crippen LogP contribution is -2.45. The second kappa shape index (κ2) is 4.42. The van der Waals surface area contributed by atoms with Crippen molar-refractivity contribution in [2.24, 2.45) is 0 Å². The zero-order chi connectivity index (χ0) is 11.7. The molecule has 4 heteroatoms. The van der Waals surface area contributed by atoms with Crippen molar-refractivity contribution in [1.82, 2.24) is 15.5 Å². The molecule has 2 N–H and O–H groups in total. The van der Waals surface area contributed by atoms with E-state index in [1.54, 1.807) is 0 Å². The summed E-state index contributed by atoms with van der Waals surface area (Å²) in [6, 6.07) is 0. The summed E-state index contributed by atoms with van der Waals surface area (Å²) < 4.78 is 5.82. The minimum absolute atomic E-state index is 0.0107. The molecule has 4 nitrogen and oxygen atoms in total. The predicted octanol–water partition coefficient (Wildman–Crippen LogP) is 1.21. The lowest BCUT2D eigenvalue weighted by Gasteiger charge is -2.36. The van der Waals surface area contributed by atoms with Gasteiger partial charge in [-0.15, -0.1) is 0 Å². The summed E-state index contributed by atoms with van der Waals surface area (Å²) in [6.45, 7) is 2.11. The lowest BCUT2D eigenvalue weighted by molar-refractivity contribution is -0.0341. The zero-order valence-corrected chi connectivity index (χ0v) is 10.5. The second-order valence-corrected chi connectivity index (χ2v) is 5.29. The van der Waals surface area contributed by atoms with Crippen LogP contribution in [0.5, 0.6) is 0 Å². The molecular formula is C13H21N3O. The van der Waals surface area contributed by atoms with Crippen molar-refractivity contribution in [3.63, 3.8) is 0 Å². The Morgan fingerprint density at radius 3 is 2.88 bits per heavy atom. The first-order chi connectivity index (χ1) is 8.33. The molecule has 0 bridgehead atoms. The van der Waals surface area contributed by atoms with Gasteiger partial charge in [0.1, 0.15) is 0 Å². The van der Waals surface area contributed by atoms with Gasteiger partial charge >= 0.3 is 0 Å². The van der Waals surface area contributed by atoms with E-state index in [4.69, 9.17) is 4.74 Å². The van der Waals surface area contributed by atoms with Crippen molar-refractivity contribution in [2.45, 2.75) is 44.1 Å². The Hall–Kier alpha value is -0.870. The number of ether oxygens (including phenoxy) is 1. The van der Waals surface area contributed by atoms with Crippen molar-refractivity contribution in [3.8, 4) is 0 Å². The number of aromatic nitrogens is 2. The molecule has 0 amide bonds. The average molecular weight is 235 g/mol. The number of piperidine rings is 1. The Morgan fingerprint density at radius 2 is 2.12 bits per heavy atom. The van der Waals surface area contributed by atoms with Crippen molar-refractivity contribution in [1.29, 1.82) is 0 Å². The van der Waals surface area contributed by atoms with Crippen LogP contribution in [0.25, 0.3) is 0 Å². The first-order valence-corrected chi connectivity index (χ1v) is 6.64. The van der Waals surface area contributed by atoms with Crippen LogP contribution in [0.4, 0.5) is 0 Å². The maximum absolute atomic E-state index is 5.82. The summed E-state index contributed by atoms with van der Waals surface area (Å²) >= 11 is 0. The highest BCUT2D eigenvalue weighted by Crippen LogP contribution is 2.31. The summed E-state index contributed by atoms with van der Waals surface area (Å²) in [4.78, 5) is 0. The fourth-order valence-corrected chi connectivity index (χ4v) is 3.17. The largest absolute Gasteiger partial charge is 0.378 e. The smallest absolute Gasteiger partial charge is 0.0758 e. The van der Waals surface area contributed by atoms with Crippen LogP contribution in [0.3, 0.4) is 0 Å². The molecule has 94 valence electrons. The maximum atomic E-state index is 5.82. The Kier molecular flexibility index (Phi) is 2.92. The second-order valence-electron chi connectivity index (χ2n) is 5.29. The van der Waals surface area contributed by atoms with Gasteiger partial charge in [-0.3, -0.25) is 5.10 Å². The highest BCUT2D eigenvalue weighted by Gasteiger charge is 2.34. The van der Waals surface area contributed by atoms with Gasteiger partial charge in [0.15, 0.2) is 0 Å². The molecule has 1 saturated heterocycles. The fraction of sp³-hybridized carbons (Fsp3) is 0.769. The monoisotopic (exact) mass is 235 g/mol. The number of fused-ring (bicyclic) bond motifs is 1. The first-order valence-electron chi connectivity index (χ1n) is 6.64. The van der Waals surface area contributed by atoms with Gasteiger partial charge in [-0.2, -0.15) is 5.10 Å². The quantitative estimate of drug-likeness (QED) is 0.828. The fourth-order valence-electron chi connectivity index (χ4n) is 3.17. The number of rotatable bonds is 3. The Labute approximate surface area is 102 Å². The van der Waals surface area contributed by atoms with Crippen LogP contribution in [-0.4, -0.2) is 36.0 Å². The van der Waals surface area contributed by atoms with E-state index in [1.165, 1.54) is 36.2 Å². The molecule has 3 rings (SSSR count). The van der Waals surface area contributed by atoms with Crippen LogP contribution in [0.15, 0.2) is 0 Å². The molecule has 2 heterocycles. The summed E-state index contributed by atoms with van der Waals surface area (Å²) in [5, 5.41) is 11.1. The van der Waals surface area contributed by atoms with Crippen molar-refractivity contribution >= 4 is 0 Å². The normalized spacial score (nSPS) is 22.6. The van der Waals surface area contributed by atoms with E-state index < -0.39 is 0 Å². The third-order valence-electron chi connectivity index (χ3n) is 4.33. The van der Waals surface area contributed by atoms with E-state index in [0.29, 0.717) is 0 Å². The minimum Gasteiger partial charge on any atom is -0.378 e. The van der Waals surface area contributed by atoms with Crippen LogP contribution < -0.4 is 5.32 Å². The standard InChI is InChI=1S/C13H21N3O/c1-17-13(5-7-14-8-6-13)9-12-10-3-2-4-11(10)15-16-12/h14H,2-9H2,1H3,(H,15,16). The third kappa shape index (κ3) is 2.00. The SMILES string of the molecule is COC1(Cc2n[nH]c3c2CCC3)CCNCC1. The molecule has 0 spiro atoms. The average Bonchev–Trinajstić information content (AvgIpc) is 2.96. The first kappa shape index (κ1) is 11.2. The maximum Gasteiger partial charge on any atom is 0.0758 e. The summed E-state index contributed by atoms with van der Waals surface area (Å²) in [7, 11) is 1.85. The minimum atomic E-state index is 0.0107. The molecule has 0 aromatic carbocycles. The molecule has 17 heavy (non-hydrogen) atoms. The van der Waals surface area contributed by atoms with E-state index in [0.717, 1.165) is 32.4 Å². The van der Waals surface area contributed by atoms with E-state index >= 15 is 0 Å². The van der Waals surface area contributed by atoms with Crippen molar-refractivity contribution in [2.75, 3.05) is 20.2 Å². The molecule has 1 fully saturated rings. The molecule has 0 radical (unpaired) electrons. The van der Waals surface area contributed by atoms with E-state index in [-0.39, 0.29) is 5.60 Å². The van der Waals surface area contributed by atoms with Gasteiger partial charge in [-0.05, 0) is 50.8 Å². The molecule has 0 atom stereocenters. The molecule has 1 aliphatic carbocycles. The Morgan fingerprint density at radius 1 is 1.29 bits per heavy atom. The van der Waals surface area contributed by atoms with Gasteiger partial charge in [-0.1, -0.05) is 0 Å². The number of methoxy groups -OCH3 is 1. The van der Waals surface area contributed by atoms with Gasteiger partial charge in [0.2, 0.25) is 0 Å². The highest BCUT2D eigenvalue weighted by atomic mass is 16.5. The number of aromatic amines is 1. The zero-order valence-electron chi connectivity index (χ0n) is 10.5. The topological polar surface area (TPSA) is 49.9 Å². The van der Waals surface area contributed by atoms with E-state index in [2.05, 4.69) is 15.5 Å². The highest BCUT2D eigenvalue weighted by molar-refractivity contribution is 5.30. The number of H-pyrrole nitrogens is 1. The summed E-state index contributed by atoms with van der Waals surface area (Å²) in [5.41, 5.74) is 4.10. The molecule has 0 saturated carbocycles. The van der Waals surface area contributed by atoms with Gasteiger partial charge < -0.3 is 10.1 Å². The van der Waals surface area contributed by atoms with Crippen LogP contribution in [0.2, 0.25) is 0 Å². The number of aryl methyl sites for hydroxylation is 1. The molecule has 1 aromatic heterocycles. The van der Waals surface area contributed by atoms with Gasteiger partial charge in [-0.25, -0.2) is 0 Å². The Balaban J connectivity index is 1.80. The van der Waals surface area contributed by atoms with Gasteiger partial charge in [0, 0.05) is 19.2 Å². The molecular weight excluding hydrogens is 214 g/mol. The lowest BCUT2D eigenvalue weighted by atomic mass is 9.86. The van der Waals surface area contributed by atoms with Gasteiger partial charge in [0.25, 0.3) is 0 Å². The van der Waals surface area contributed by atoms with Crippen LogP contribution in [-0.2, 0) is 24.0 Å². The van der Waals surface area contributed by atoms with E-state index in [1.807, 2.05) is 7.11 Å². The molecule has 1 aromatic rings. The van der Waals surface area contributed by atoms with Crippen molar-refractivity contribution in [3.05, 3.63) is 17.0 Å². The molecule has 2 aliphatic rings. The number of hydrogen-bond donors (Lipinski definition) is 2. The van der Waals surface area contributed by atoms with Gasteiger partial charge in [0.05, 0.1) is 11.3 Å². The van der Waals surface area contributed by atoms with Crippen molar-refractivity contribution < 1.29 is 4.74 Å². The number of hydrogen-bond acceptors (Lipinski definition) is 3. The molecule has 0 unspecified atom stereocenters. The number of nitrogens with one attached hydrogen (secondary N) is 2. The van der Waals surface area contributed by atoms with Crippen LogP contribution in [0.1, 0.15) is 36.2 Å². The predicted molar refractivity (Wildman–Crippen MR) is 66.2 cm³/mol. The molecule has 1 aliphatic heterocycles. The van der Waals surface area contributed by atoms with E-state index in [9.17, 15) is 0 Å². The number of nitrogens with zero attached hydrogens (tertiary/aromatic N) is 1. The Bertz CT molecular complexity index is 393. The summed E-state index contributed by atoms with van der Waals surface area (Å²) in [6.07, 6.45) is 6.79. The van der Waals surface area contributed by atoms with Crippen LogP contribution in [0, 0.1) is 0 Å². The summed E-state index contributed by atoms with van der Waals surface area (Å²) in [5.74, 6) is 0.